The van der Waals surface area contributed by atoms with Crippen molar-refractivity contribution in [1.29, 1.82) is 0 Å². The van der Waals surface area contributed by atoms with Crippen molar-refractivity contribution < 1.29 is 4.79 Å². The summed E-state index contributed by atoms with van der Waals surface area (Å²) in [6, 6.07) is 0. The second kappa shape index (κ2) is 4.57. The molecule has 0 aliphatic rings. The Morgan fingerprint density at radius 3 is 2.70 bits per heavy atom. The molecule has 3 N–H and O–H groups in total. The second-order valence-electron chi connectivity index (χ2n) is 2.97. The summed E-state index contributed by atoms with van der Waals surface area (Å²) in [4.78, 5) is 9.91. The molecule has 3 nitrogen and oxygen atoms in total. The zero-order valence-corrected chi connectivity index (χ0v) is 7.20. The maximum Gasteiger partial charge on any atom is 0.207 e. The van der Waals surface area contributed by atoms with Crippen LogP contribution in [0.1, 0.15) is 13.8 Å². The lowest BCUT2D eigenvalue weighted by Crippen LogP contribution is -2.30. The SMILES string of the molecule is CC(C)(CNC=O)CSN. The highest BCUT2D eigenvalue weighted by Gasteiger charge is 2.15. The minimum absolute atomic E-state index is 0.0975. The highest BCUT2D eigenvalue weighted by atomic mass is 32.2. The van der Waals surface area contributed by atoms with Crippen LogP contribution in [0.3, 0.4) is 0 Å². The van der Waals surface area contributed by atoms with Gasteiger partial charge in [-0.1, -0.05) is 25.8 Å². The van der Waals surface area contributed by atoms with Crippen LogP contribution >= 0.6 is 11.9 Å². The summed E-state index contributed by atoms with van der Waals surface area (Å²) < 4.78 is 0. The lowest BCUT2D eigenvalue weighted by atomic mass is 9.97. The molecule has 0 fully saturated rings. The highest BCUT2D eigenvalue weighted by Crippen LogP contribution is 2.16. The average Bonchev–Trinajstić information content (AvgIpc) is 1.84. The Kier molecular flexibility index (Phi) is 4.47. The quantitative estimate of drug-likeness (QED) is 0.453. The van der Waals surface area contributed by atoms with Crippen molar-refractivity contribution in [3.63, 3.8) is 0 Å². The molecule has 10 heavy (non-hydrogen) atoms. The molecule has 4 heteroatoms. The van der Waals surface area contributed by atoms with E-state index in [1.54, 1.807) is 0 Å². The number of hydrogen-bond acceptors (Lipinski definition) is 3. The molecule has 0 heterocycles. The standard InChI is InChI=1S/C6H14N2OS/c1-6(2,4-10-7)3-8-5-9/h5H,3-4,7H2,1-2H3,(H,8,9). The van der Waals surface area contributed by atoms with Crippen molar-refractivity contribution in [2.45, 2.75) is 13.8 Å². The van der Waals surface area contributed by atoms with Gasteiger partial charge in [-0.2, -0.15) is 0 Å². The van der Waals surface area contributed by atoms with E-state index in [1.165, 1.54) is 11.9 Å². The van der Waals surface area contributed by atoms with Crippen molar-refractivity contribution in [2.75, 3.05) is 12.3 Å². The summed E-state index contributed by atoms with van der Waals surface area (Å²) >= 11 is 1.30. The van der Waals surface area contributed by atoms with Gasteiger partial charge in [0.25, 0.3) is 0 Å². The number of hydrogen-bond donors (Lipinski definition) is 2. The van der Waals surface area contributed by atoms with Gasteiger partial charge in [-0.25, -0.2) is 0 Å². The molecule has 0 rings (SSSR count). The van der Waals surface area contributed by atoms with Gasteiger partial charge in [-0.05, 0) is 5.41 Å². The minimum atomic E-state index is 0.0975. The number of nitrogens with two attached hydrogens (primary N) is 1. The first kappa shape index (κ1) is 9.78. The van der Waals surface area contributed by atoms with Crippen LogP contribution in [0, 0.1) is 5.41 Å². The molecular weight excluding hydrogens is 148 g/mol. The number of rotatable bonds is 5. The molecule has 0 aromatic carbocycles. The molecule has 0 spiro atoms. The predicted octanol–water partition coefficient (Wildman–Crippen LogP) is 0.365. The molecule has 0 unspecified atom stereocenters. The van der Waals surface area contributed by atoms with E-state index in [-0.39, 0.29) is 5.41 Å². The van der Waals surface area contributed by atoms with E-state index in [4.69, 9.17) is 5.14 Å². The molecule has 0 bridgehead atoms. The predicted molar refractivity (Wildman–Crippen MR) is 44.5 cm³/mol. The molecule has 1 amide bonds. The average molecular weight is 162 g/mol. The first-order valence-electron chi connectivity index (χ1n) is 3.11. The first-order valence-corrected chi connectivity index (χ1v) is 4.16. The minimum Gasteiger partial charge on any atom is -0.358 e. The van der Waals surface area contributed by atoms with Crippen molar-refractivity contribution >= 4 is 18.4 Å². The molecule has 60 valence electrons. The smallest absolute Gasteiger partial charge is 0.207 e. The van der Waals surface area contributed by atoms with Crippen LogP contribution in [0.15, 0.2) is 0 Å². The number of nitrogens with one attached hydrogen (secondary N) is 1. The topological polar surface area (TPSA) is 55.1 Å². The van der Waals surface area contributed by atoms with E-state index in [0.717, 1.165) is 5.75 Å². The molecular formula is C6H14N2OS. The summed E-state index contributed by atoms with van der Waals surface area (Å²) in [5.41, 5.74) is 0.0975. The van der Waals surface area contributed by atoms with Gasteiger partial charge in [0.15, 0.2) is 0 Å². The van der Waals surface area contributed by atoms with Crippen LogP contribution in [-0.4, -0.2) is 18.7 Å². The van der Waals surface area contributed by atoms with E-state index in [9.17, 15) is 4.79 Å². The van der Waals surface area contributed by atoms with Gasteiger partial charge in [0.2, 0.25) is 6.41 Å². The van der Waals surface area contributed by atoms with Gasteiger partial charge in [-0.15, -0.1) is 0 Å². The number of carbonyl (C=O) groups is 1. The third-order valence-electron chi connectivity index (χ3n) is 1.14. The second-order valence-corrected chi connectivity index (χ2v) is 3.60. The molecule has 0 aromatic rings. The van der Waals surface area contributed by atoms with Gasteiger partial charge in [0, 0.05) is 12.3 Å². The number of carbonyl (C=O) groups excluding carboxylic acids is 1. The fourth-order valence-corrected chi connectivity index (χ4v) is 1.15. The van der Waals surface area contributed by atoms with Crippen molar-refractivity contribution in [3.8, 4) is 0 Å². The highest BCUT2D eigenvalue weighted by molar-refractivity contribution is 7.97. The van der Waals surface area contributed by atoms with E-state index >= 15 is 0 Å². The van der Waals surface area contributed by atoms with E-state index in [2.05, 4.69) is 19.2 Å². The Balaban J connectivity index is 3.51. The molecule has 0 saturated heterocycles. The summed E-state index contributed by atoms with van der Waals surface area (Å²) in [6.07, 6.45) is 0.711. The molecule has 0 saturated carbocycles. The molecule has 0 aliphatic carbocycles. The maximum atomic E-state index is 9.91. The summed E-state index contributed by atoms with van der Waals surface area (Å²) in [5, 5.41) is 7.91. The summed E-state index contributed by atoms with van der Waals surface area (Å²) in [5.74, 6) is 0.855. The summed E-state index contributed by atoms with van der Waals surface area (Å²) in [7, 11) is 0. The molecule has 0 atom stereocenters. The maximum absolute atomic E-state index is 9.91. The van der Waals surface area contributed by atoms with Gasteiger partial charge < -0.3 is 5.32 Å². The van der Waals surface area contributed by atoms with Crippen LogP contribution < -0.4 is 10.5 Å². The Hall–Kier alpha value is -0.220. The zero-order chi connectivity index (χ0) is 8.04. The normalized spacial score (nSPS) is 11.1. The van der Waals surface area contributed by atoms with Gasteiger partial charge >= 0.3 is 0 Å². The fourth-order valence-electron chi connectivity index (χ4n) is 0.595. The molecule has 0 aliphatic heterocycles. The third-order valence-corrected chi connectivity index (χ3v) is 2.09. The fraction of sp³-hybridized carbons (Fsp3) is 0.833. The summed E-state index contributed by atoms with van der Waals surface area (Å²) in [6.45, 7) is 4.80. The van der Waals surface area contributed by atoms with Crippen molar-refractivity contribution in [2.24, 2.45) is 10.6 Å². The molecule has 0 radical (unpaired) electrons. The van der Waals surface area contributed by atoms with Gasteiger partial charge in [0.1, 0.15) is 0 Å². The van der Waals surface area contributed by atoms with Gasteiger partial charge in [0.05, 0.1) is 0 Å². The van der Waals surface area contributed by atoms with E-state index in [0.29, 0.717) is 13.0 Å². The Bertz CT molecular complexity index is 106. The lowest BCUT2D eigenvalue weighted by Gasteiger charge is -2.21. The van der Waals surface area contributed by atoms with E-state index < -0.39 is 0 Å². The van der Waals surface area contributed by atoms with Crippen LogP contribution in [0.25, 0.3) is 0 Å². The van der Waals surface area contributed by atoms with Gasteiger partial charge in [-0.3, -0.25) is 9.93 Å². The molecule has 0 aromatic heterocycles. The first-order chi connectivity index (χ1) is 4.62. The Labute approximate surface area is 65.9 Å². The van der Waals surface area contributed by atoms with Crippen LogP contribution in [0.2, 0.25) is 0 Å². The van der Waals surface area contributed by atoms with Crippen LogP contribution in [0.5, 0.6) is 0 Å². The monoisotopic (exact) mass is 162 g/mol. The Morgan fingerprint density at radius 1 is 1.70 bits per heavy atom. The largest absolute Gasteiger partial charge is 0.358 e. The number of amides is 1. The Morgan fingerprint density at radius 2 is 2.30 bits per heavy atom. The van der Waals surface area contributed by atoms with Crippen molar-refractivity contribution in [3.05, 3.63) is 0 Å². The van der Waals surface area contributed by atoms with E-state index in [1.807, 2.05) is 0 Å². The lowest BCUT2D eigenvalue weighted by molar-refractivity contribution is -0.109. The van der Waals surface area contributed by atoms with Crippen molar-refractivity contribution in [1.82, 2.24) is 5.32 Å². The zero-order valence-electron chi connectivity index (χ0n) is 6.39. The van der Waals surface area contributed by atoms with Crippen LogP contribution in [-0.2, 0) is 4.79 Å². The third kappa shape index (κ3) is 4.64. The van der Waals surface area contributed by atoms with Crippen LogP contribution in [0.4, 0.5) is 0 Å².